The highest BCUT2D eigenvalue weighted by molar-refractivity contribution is 6.09. The molecule has 25 heavy (non-hydrogen) atoms. The zero-order valence-corrected chi connectivity index (χ0v) is 13.9. The Morgan fingerprint density at radius 1 is 1.40 bits per heavy atom. The summed E-state index contributed by atoms with van der Waals surface area (Å²) in [4.78, 5) is 37.6. The van der Waals surface area contributed by atoms with Crippen molar-refractivity contribution in [2.45, 2.75) is 38.3 Å². The van der Waals surface area contributed by atoms with Crippen molar-refractivity contribution >= 4 is 17.8 Å². The number of hydrogen-bond donors (Lipinski definition) is 2. The summed E-state index contributed by atoms with van der Waals surface area (Å²) in [5, 5.41) is 5.11. The Kier molecular flexibility index (Phi) is 4.22. The Morgan fingerprint density at radius 2 is 2.08 bits per heavy atom. The summed E-state index contributed by atoms with van der Waals surface area (Å²) in [6.07, 6.45) is 2.09. The van der Waals surface area contributed by atoms with Crippen LogP contribution < -0.4 is 10.6 Å². The highest BCUT2D eigenvalue weighted by Gasteiger charge is 2.51. The zero-order valence-electron chi connectivity index (χ0n) is 13.9. The van der Waals surface area contributed by atoms with Gasteiger partial charge in [0.25, 0.3) is 5.91 Å². The molecule has 1 aliphatic heterocycles. The van der Waals surface area contributed by atoms with E-state index in [-0.39, 0.29) is 11.6 Å². The van der Waals surface area contributed by atoms with Crippen molar-refractivity contribution in [3.63, 3.8) is 0 Å². The molecule has 0 aromatic heterocycles. The van der Waals surface area contributed by atoms with E-state index in [0.717, 1.165) is 35.9 Å². The van der Waals surface area contributed by atoms with Crippen LogP contribution in [0.4, 0.5) is 13.6 Å². The Hall–Kier alpha value is -2.51. The molecular weight excluding hydrogens is 332 g/mol. The molecule has 0 spiro atoms. The SMILES string of the molecule is C[C@H](NC(=O)CN1C(=O)N[C@](C)(c2cc(F)ccc2F)C1=O)C1CC1. The van der Waals surface area contributed by atoms with Crippen LogP contribution in [-0.2, 0) is 15.1 Å². The number of halogens is 2. The number of carbonyl (C=O) groups excluding carboxylic acids is 3. The molecule has 2 aliphatic rings. The van der Waals surface area contributed by atoms with E-state index in [4.69, 9.17) is 0 Å². The van der Waals surface area contributed by atoms with E-state index < -0.39 is 41.6 Å². The fourth-order valence-electron chi connectivity index (χ4n) is 3.06. The minimum Gasteiger partial charge on any atom is -0.352 e. The Bertz CT molecular complexity index is 751. The van der Waals surface area contributed by atoms with Crippen LogP contribution in [0.2, 0.25) is 0 Å². The minimum atomic E-state index is -1.76. The summed E-state index contributed by atoms with van der Waals surface area (Å²) in [5.74, 6) is -2.37. The van der Waals surface area contributed by atoms with Gasteiger partial charge >= 0.3 is 6.03 Å². The molecule has 3 rings (SSSR count). The largest absolute Gasteiger partial charge is 0.352 e. The zero-order chi connectivity index (χ0) is 18.4. The number of nitrogens with zero attached hydrogens (tertiary/aromatic N) is 1. The second-order valence-corrected chi connectivity index (χ2v) is 6.76. The van der Waals surface area contributed by atoms with E-state index in [1.54, 1.807) is 0 Å². The lowest BCUT2D eigenvalue weighted by molar-refractivity contribution is -0.135. The normalized spacial score (nSPS) is 24.2. The first-order chi connectivity index (χ1) is 11.7. The Balaban J connectivity index is 1.77. The van der Waals surface area contributed by atoms with Crippen molar-refractivity contribution in [1.29, 1.82) is 0 Å². The van der Waals surface area contributed by atoms with Gasteiger partial charge in [-0.2, -0.15) is 0 Å². The van der Waals surface area contributed by atoms with Gasteiger partial charge in [-0.05, 0) is 50.8 Å². The molecule has 6 nitrogen and oxygen atoms in total. The average Bonchev–Trinajstić information content (AvgIpc) is 3.35. The molecule has 134 valence electrons. The van der Waals surface area contributed by atoms with Gasteiger partial charge in [0.2, 0.25) is 5.91 Å². The number of urea groups is 1. The van der Waals surface area contributed by atoms with Crippen LogP contribution in [0.5, 0.6) is 0 Å². The summed E-state index contributed by atoms with van der Waals surface area (Å²) in [5.41, 5.74) is -2.04. The first-order valence-corrected chi connectivity index (χ1v) is 8.11. The molecule has 1 aromatic carbocycles. The quantitative estimate of drug-likeness (QED) is 0.792. The lowest BCUT2D eigenvalue weighted by atomic mass is 9.91. The van der Waals surface area contributed by atoms with Crippen molar-refractivity contribution in [1.82, 2.24) is 15.5 Å². The van der Waals surface area contributed by atoms with E-state index in [1.165, 1.54) is 6.92 Å². The average molecular weight is 351 g/mol. The van der Waals surface area contributed by atoms with Crippen LogP contribution >= 0.6 is 0 Å². The van der Waals surface area contributed by atoms with Gasteiger partial charge in [-0.1, -0.05) is 0 Å². The fraction of sp³-hybridized carbons (Fsp3) is 0.471. The van der Waals surface area contributed by atoms with E-state index in [2.05, 4.69) is 10.6 Å². The Labute approximate surface area is 143 Å². The van der Waals surface area contributed by atoms with E-state index in [1.807, 2.05) is 6.92 Å². The van der Waals surface area contributed by atoms with Crippen LogP contribution in [0.15, 0.2) is 18.2 Å². The van der Waals surface area contributed by atoms with Crippen LogP contribution in [-0.4, -0.2) is 35.3 Å². The molecule has 1 saturated heterocycles. The molecule has 8 heteroatoms. The maximum atomic E-state index is 14.1. The van der Waals surface area contributed by atoms with Gasteiger partial charge in [-0.25, -0.2) is 13.6 Å². The molecule has 1 heterocycles. The number of hydrogen-bond acceptors (Lipinski definition) is 3. The topological polar surface area (TPSA) is 78.5 Å². The summed E-state index contributed by atoms with van der Waals surface area (Å²) >= 11 is 0. The summed E-state index contributed by atoms with van der Waals surface area (Å²) in [7, 11) is 0. The molecule has 1 aromatic rings. The molecule has 0 radical (unpaired) electrons. The number of rotatable bonds is 5. The van der Waals surface area contributed by atoms with Gasteiger partial charge < -0.3 is 10.6 Å². The van der Waals surface area contributed by atoms with Crippen molar-refractivity contribution in [2.24, 2.45) is 5.92 Å². The number of amides is 4. The second kappa shape index (κ2) is 6.09. The van der Waals surface area contributed by atoms with Gasteiger partial charge in [-0.3, -0.25) is 14.5 Å². The first-order valence-electron chi connectivity index (χ1n) is 8.11. The van der Waals surface area contributed by atoms with Gasteiger partial charge in [0.15, 0.2) is 0 Å². The number of carbonyl (C=O) groups is 3. The van der Waals surface area contributed by atoms with Crippen LogP contribution in [0.1, 0.15) is 32.3 Å². The monoisotopic (exact) mass is 351 g/mol. The lowest BCUT2D eigenvalue weighted by Crippen LogP contribution is -2.45. The lowest BCUT2D eigenvalue weighted by Gasteiger charge is -2.23. The van der Waals surface area contributed by atoms with Crippen molar-refractivity contribution < 1.29 is 23.2 Å². The first kappa shape index (κ1) is 17.3. The van der Waals surface area contributed by atoms with Crippen LogP contribution in [0.3, 0.4) is 0 Å². The highest BCUT2D eigenvalue weighted by atomic mass is 19.1. The maximum Gasteiger partial charge on any atom is 0.325 e. The molecule has 2 fully saturated rings. The number of nitrogens with one attached hydrogen (secondary N) is 2. The predicted molar refractivity (Wildman–Crippen MR) is 84.3 cm³/mol. The van der Waals surface area contributed by atoms with E-state index in [9.17, 15) is 23.2 Å². The summed E-state index contributed by atoms with van der Waals surface area (Å²) in [6, 6.07) is 1.84. The van der Waals surface area contributed by atoms with Crippen LogP contribution in [0, 0.1) is 17.6 Å². The maximum absolute atomic E-state index is 14.1. The highest BCUT2D eigenvalue weighted by Crippen LogP contribution is 2.33. The summed E-state index contributed by atoms with van der Waals surface area (Å²) < 4.78 is 27.5. The molecule has 0 bridgehead atoms. The molecule has 4 amide bonds. The van der Waals surface area contributed by atoms with Crippen LogP contribution in [0.25, 0.3) is 0 Å². The fourth-order valence-corrected chi connectivity index (χ4v) is 3.06. The standard InChI is InChI=1S/C17H19F2N3O3/c1-9(10-3-4-10)20-14(23)8-22-15(24)17(2,21-16(22)25)12-7-11(18)5-6-13(12)19/h5-7,9-10H,3-4,8H2,1-2H3,(H,20,23)(H,21,25)/t9-,17+/m0/s1. The van der Waals surface area contributed by atoms with E-state index in [0.29, 0.717) is 5.92 Å². The third-order valence-corrected chi connectivity index (χ3v) is 4.76. The summed E-state index contributed by atoms with van der Waals surface area (Å²) in [6.45, 7) is 2.69. The molecule has 1 aliphatic carbocycles. The molecule has 2 N–H and O–H groups in total. The minimum absolute atomic E-state index is 0.0275. The second-order valence-electron chi connectivity index (χ2n) is 6.76. The smallest absolute Gasteiger partial charge is 0.325 e. The van der Waals surface area contributed by atoms with Gasteiger partial charge in [0, 0.05) is 11.6 Å². The Morgan fingerprint density at radius 3 is 2.72 bits per heavy atom. The van der Waals surface area contributed by atoms with E-state index >= 15 is 0 Å². The molecule has 0 unspecified atom stereocenters. The van der Waals surface area contributed by atoms with Crippen molar-refractivity contribution in [3.8, 4) is 0 Å². The molecular formula is C17H19F2N3O3. The number of benzene rings is 1. The predicted octanol–water partition coefficient (Wildman–Crippen LogP) is 1.65. The third-order valence-electron chi connectivity index (χ3n) is 4.76. The third kappa shape index (κ3) is 3.20. The molecule has 1 saturated carbocycles. The van der Waals surface area contributed by atoms with Gasteiger partial charge in [0.05, 0.1) is 0 Å². The van der Waals surface area contributed by atoms with Crippen molar-refractivity contribution in [3.05, 3.63) is 35.4 Å². The van der Waals surface area contributed by atoms with Gasteiger partial charge in [-0.15, -0.1) is 0 Å². The number of imide groups is 1. The van der Waals surface area contributed by atoms with Crippen molar-refractivity contribution in [2.75, 3.05) is 6.54 Å². The molecule has 2 atom stereocenters. The van der Waals surface area contributed by atoms with Gasteiger partial charge in [0.1, 0.15) is 23.7 Å².